The monoisotopic (exact) mass is 344 g/mol. The van der Waals surface area contributed by atoms with Gasteiger partial charge in [-0.15, -0.1) is 11.8 Å². The Morgan fingerprint density at radius 3 is 2.27 bits per heavy atom. The molecule has 0 aliphatic heterocycles. The van der Waals surface area contributed by atoms with Crippen LogP contribution in [0.2, 0.25) is 0 Å². The van der Waals surface area contributed by atoms with Crippen LogP contribution in [0.25, 0.3) is 0 Å². The fourth-order valence-corrected chi connectivity index (χ4v) is 3.33. The van der Waals surface area contributed by atoms with E-state index in [0.717, 1.165) is 11.2 Å². The van der Waals surface area contributed by atoms with Crippen molar-refractivity contribution in [2.24, 2.45) is 5.73 Å². The number of carbonyl (C=O) groups excluding carboxylic acids is 1. The van der Waals surface area contributed by atoms with Crippen LogP contribution in [0.5, 0.6) is 0 Å². The molecule has 1 aromatic rings. The lowest BCUT2D eigenvalue weighted by Crippen LogP contribution is -2.37. The van der Waals surface area contributed by atoms with Crippen LogP contribution in [0.4, 0.5) is 5.69 Å². The van der Waals surface area contributed by atoms with Crippen molar-refractivity contribution < 1.29 is 13.2 Å². The van der Waals surface area contributed by atoms with Crippen LogP contribution >= 0.6 is 11.8 Å². The zero-order chi connectivity index (χ0) is 17.0. The van der Waals surface area contributed by atoms with Gasteiger partial charge in [0.25, 0.3) is 0 Å². The number of nitrogens with two attached hydrogens (primary N) is 1. The van der Waals surface area contributed by atoms with Crippen molar-refractivity contribution in [1.29, 1.82) is 0 Å². The number of anilines is 1. The highest BCUT2D eigenvalue weighted by Crippen LogP contribution is 2.32. The van der Waals surface area contributed by atoms with E-state index in [1.54, 1.807) is 11.8 Å². The maximum absolute atomic E-state index is 11.9. The minimum absolute atomic E-state index is 0.0945. The summed E-state index contributed by atoms with van der Waals surface area (Å²) in [6, 6.07) is 6.67. The number of carbonyl (C=O) groups is 1. The molecule has 0 saturated heterocycles. The van der Waals surface area contributed by atoms with E-state index >= 15 is 0 Å². The Morgan fingerprint density at radius 2 is 1.82 bits per heavy atom. The molecule has 0 spiro atoms. The zero-order valence-electron chi connectivity index (χ0n) is 13.4. The van der Waals surface area contributed by atoms with Gasteiger partial charge in [-0.3, -0.25) is 4.79 Å². The first kappa shape index (κ1) is 19.0. The van der Waals surface area contributed by atoms with E-state index < -0.39 is 15.9 Å². The summed E-state index contributed by atoms with van der Waals surface area (Å²) in [7, 11) is -3.11. The van der Waals surface area contributed by atoms with Gasteiger partial charge in [0.2, 0.25) is 5.91 Å². The quantitative estimate of drug-likeness (QED) is 0.773. The summed E-state index contributed by atoms with van der Waals surface area (Å²) in [6.45, 7) is 6.40. The summed E-state index contributed by atoms with van der Waals surface area (Å²) in [4.78, 5) is 13.0. The molecule has 1 rings (SSSR count). The lowest BCUT2D eigenvalue weighted by atomic mass is 10.2. The van der Waals surface area contributed by atoms with Gasteiger partial charge in [0.15, 0.2) is 0 Å². The molecule has 3 N–H and O–H groups in total. The smallest absolute Gasteiger partial charge is 0.241 e. The summed E-state index contributed by atoms with van der Waals surface area (Å²) < 4.78 is 22.3. The average Bonchev–Trinajstić information content (AvgIpc) is 2.35. The number of hydrogen-bond donors (Lipinski definition) is 2. The number of thioether (sulfide) groups is 1. The van der Waals surface area contributed by atoms with E-state index in [2.05, 4.69) is 26.1 Å². The molecular weight excluding hydrogens is 320 g/mol. The Balaban J connectivity index is 2.57. The molecule has 0 aliphatic rings. The molecule has 22 heavy (non-hydrogen) atoms. The highest BCUT2D eigenvalue weighted by Gasteiger charge is 2.16. The van der Waals surface area contributed by atoms with Crippen molar-refractivity contribution >= 4 is 33.2 Å². The van der Waals surface area contributed by atoms with Crippen LogP contribution in [0.15, 0.2) is 29.2 Å². The molecule has 0 aliphatic carbocycles. The molecule has 0 heterocycles. The van der Waals surface area contributed by atoms with Crippen molar-refractivity contribution in [3.63, 3.8) is 0 Å². The Labute approximate surface area is 137 Å². The lowest BCUT2D eigenvalue weighted by molar-refractivity contribution is -0.117. The second-order valence-electron chi connectivity index (χ2n) is 6.25. The molecule has 0 radical (unpaired) electrons. The molecule has 0 fully saturated rings. The Kier molecular flexibility index (Phi) is 6.46. The molecule has 1 unspecified atom stereocenters. The van der Waals surface area contributed by atoms with Crippen molar-refractivity contribution in [3.05, 3.63) is 24.3 Å². The van der Waals surface area contributed by atoms with Crippen molar-refractivity contribution in [2.45, 2.75) is 42.9 Å². The number of benzene rings is 1. The Bertz CT molecular complexity index is 605. The number of hydrogen-bond acceptors (Lipinski definition) is 5. The van der Waals surface area contributed by atoms with E-state index in [9.17, 15) is 13.2 Å². The largest absolute Gasteiger partial charge is 0.325 e. The first-order valence-electron chi connectivity index (χ1n) is 6.99. The van der Waals surface area contributed by atoms with Gasteiger partial charge < -0.3 is 11.1 Å². The normalized spacial score (nSPS) is 13.7. The standard InChI is InChI=1S/C15H24N2O3S2/c1-15(2,3)21-12-7-5-11(6-8-12)17-14(18)13(16)9-10-22(4,19)20/h5-8,13H,9-10,16H2,1-4H3,(H,17,18). The fourth-order valence-electron chi connectivity index (χ4n) is 1.67. The van der Waals surface area contributed by atoms with Gasteiger partial charge in [0.05, 0.1) is 11.8 Å². The van der Waals surface area contributed by atoms with Crippen LogP contribution in [-0.4, -0.2) is 37.1 Å². The third-order valence-corrected chi connectivity index (χ3v) is 4.78. The Hall–Kier alpha value is -1.05. The molecule has 1 aromatic carbocycles. The zero-order valence-corrected chi connectivity index (χ0v) is 15.1. The predicted octanol–water partition coefficient (Wildman–Crippen LogP) is 2.28. The summed E-state index contributed by atoms with van der Waals surface area (Å²) in [5.41, 5.74) is 6.36. The number of nitrogens with one attached hydrogen (secondary N) is 1. The summed E-state index contributed by atoms with van der Waals surface area (Å²) in [5.74, 6) is -0.470. The van der Waals surface area contributed by atoms with Gasteiger partial charge in [0.1, 0.15) is 9.84 Å². The first-order valence-corrected chi connectivity index (χ1v) is 9.87. The van der Waals surface area contributed by atoms with E-state index in [-0.39, 0.29) is 22.8 Å². The van der Waals surface area contributed by atoms with Gasteiger partial charge in [-0.1, -0.05) is 20.8 Å². The topological polar surface area (TPSA) is 89.3 Å². The molecule has 5 nitrogen and oxygen atoms in total. The number of amides is 1. The maximum Gasteiger partial charge on any atom is 0.241 e. The third kappa shape index (κ3) is 7.82. The lowest BCUT2D eigenvalue weighted by Gasteiger charge is -2.18. The molecule has 0 aromatic heterocycles. The van der Waals surface area contributed by atoms with Crippen molar-refractivity contribution in [2.75, 3.05) is 17.3 Å². The van der Waals surface area contributed by atoms with Gasteiger partial charge in [-0.05, 0) is 30.7 Å². The average molecular weight is 345 g/mol. The number of rotatable bonds is 6. The molecule has 7 heteroatoms. The minimum atomic E-state index is -3.11. The SMILES string of the molecule is CC(C)(C)Sc1ccc(NC(=O)C(N)CCS(C)(=O)=O)cc1. The Morgan fingerprint density at radius 1 is 1.27 bits per heavy atom. The second-order valence-corrected chi connectivity index (χ2v) is 10.4. The van der Waals surface area contributed by atoms with Gasteiger partial charge in [0, 0.05) is 21.6 Å². The molecule has 1 amide bonds. The summed E-state index contributed by atoms with van der Waals surface area (Å²) >= 11 is 1.74. The van der Waals surface area contributed by atoms with E-state index in [1.165, 1.54) is 0 Å². The van der Waals surface area contributed by atoms with E-state index in [4.69, 9.17) is 5.73 Å². The summed E-state index contributed by atoms with van der Waals surface area (Å²) in [5, 5.41) is 2.70. The second kappa shape index (κ2) is 7.48. The fraction of sp³-hybridized carbons (Fsp3) is 0.533. The minimum Gasteiger partial charge on any atom is -0.325 e. The van der Waals surface area contributed by atoms with Crippen LogP contribution in [0.3, 0.4) is 0 Å². The number of sulfone groups is 1. The first-order chi connectivity index (χ1) is 9.96. The molecule has 124 valence electrons. The van der Waals surface area contributed by atoms with Gasteiger partial charge in [-0.2, -0.15) is 0 Å². The highest BCUT2D eigenvalue weighted by molar-refractivity contribution is 8.00. The van der Waals surface area contributed by atoms with E-state index in [0.29, 0.717) is 5.69 Å². The molecule has 0 saturated carbocycles. The van der Waals surface area contributed by atoms with Gasteiger partial charge >= 0.3 is 0 Å². The predicted molar refractivity (Wildman–Crippen MR) is 93.0 cm³/mol. The van der Waals surface area contributed by atoms with Crippen molar-refractivity contribution in [1.82, 2.24) is 0 Å². The van der Waals surface area contributed by atoms with Crippen LogP contribution in [0.1, 0.15) is 27.2 Å². The van der Waals surface area contributed by atoms with E-state index in [1.807, 2.05) is 24.3 Å². The molecular formula is C15H24N2O3S2. The van der Waals surface area contributed by atoms with Crippen LogP contribution in [0, 0.1) is 0 Å². The molecule has 0 bridgehead atoms. The third-order valence-electron chi connectivity index (χ3n) is 2.68. The summed E-state index contributed by atoms with van der Waals surface area (Å²) in [6.07, 6.45) is 1.24. The molecule has 1 atom stereocenters. The highest BCUT2D eigenvalue weighted by atomic mass is 32.2. The maximum atomic E-state index is 11.9. The van der Waals surface area contributed by atoms with Gasteiger partial charge in [-0.25, -0.2) is 8.42 Å². The van der Waals surface area contributed by atoms with Crippen LogP contribution in [-0.2, 0) is 14.6 Å². The van der Waals surface area contributed by atoms with Crippen molar-refractivity contribution in [3.8, 4) is 0 Å². The van der Waals surface area contributed by atoms with Crippen LogP contribution < -0.4 is 11.1 Å².